The van der Waals surface area contributed by atoms with E-state index in [1.54, 1.807) is 17.8 Å². The van der Waals surface area contributed by atoms with Crippen molar-refractivity contribution in [2.45, 2.75) is 37.5 Å². The summed E-state index contributed by atoms with van der Waals surface area (Å²) in [6.45, 7) is 6.75. The average molecular weight is 227 g/mol. The summed E-state index contributed by atoms with van der Waals surface area (Å²) in [7, 11) is 0. The first-order chi connectivity index (χ1) is 7.06. The predicted molar refractivity (Wildman–Crippen MR) is 64.4 cm³/mol. The van der Waals surface area contributed by atoms with Gasteiger partial charge in [0.15, 0.2) is 0 Å². The molecular formula is C12H18FNS. The highest BCUT2D eigenvalue weighted by Crippen LogP contribution is 2.31. The van der Waals surface area contributed by atoms with Crippen LogP contribution in [0.1, 0.15) is 26.3 Å². The lowest BCUT2D eigenvalue weighted by Crippen LogP contribution is -2.08. The molecule has 0 fully saturated rings. The largest absolute Gasteiger partial charge is 0.326 e. The number of halogens is 1. The molecule has 0 radical (unpaired) electrons. The van der Waals surface area contributed by atoms with E-state index in [0.717, 1.165) is 4.90 Å². The maximum absolute atomic E-state index is 13.4. The lowest BCUT2D eigenvalue weighted by molar-refractivity contribution is 0.603. The number of hydrogen-bond acceptors (Lipinski definition) is 2. The van der Waals surface area contributed by atoms with Crippen LogP contribution in [0, 0.1) is 11.7 Å². The predicted octanol–water partition coefficient (Wildman–Crippen LogP) is 3.42. The summed E-state index contributed by atoms with van der Waals surface area (Å²) >= 11 is 1.70. The minimum absolute atomic E-state index is 0.196. The number of hydrogen-bond donors (Lipinski definition) is 1. The molecule has 1 unspecified atom stereocenters. The molecule has 2 N–H and O–H groups in total. The van der Waals surface area contributed by atoms with E-state index in [4.69, 9.17) is 5.73 Å². The van der Waals surface area contributed by atoms with Gasteiger partial charge < -0.3 is 5.73 Å². The molecule has 0 bridgehead atoms. The third kappa shape index (κ3) is 3.21. The molecule has 0 amide bonds. The average Bonchev–Trinajstić information content (AvgIpc) is 2.18. The first-order valence-electron chi connectivity index (χ1n) is 5.20. The van der Waals surface area contributed by atoms with Crippen LogP contribution in [0.2, 0.25) is 0 Å². The van der Waals surface area contributed by atoms with Crippen molar-refractivity contribution in [3.63, 3.8) is 0 Å². The van der Waals surface area contributed by atoms with Crippen LogP contribution in [0.4, 0.5) is 4.39 Å². The van der Waals surface area contributed by atoms with E-state index < -0.39 is 0 Å². The summed E-state index contributed by atoms with van der Waals surface area (Å²) in [5.41, 5.74) is 6.18. The third-order valence-corrected chi connectivity index (χ3v) is 4.08. The molecule has 0 aliphatic carbocycles. The minimum atomic E-state index is -0.196. The zero-order valence-electron chi connectivity index (χ0n) is 9.46. The van der Waals surface area contributed by atoms with E-state index in [1.165, 1.54) is 6.07 Å². The molecule has 0 aromatic heterocycles. The molecule has 84 valence electrons. The van der Waals surface area contributed by atoms with Gasteiger partial charge in [-0.25, -0.2) is 4.39 Å². The highest BCUT2D eigenvalue weighted by molar-refractivity contribution is 8.00. The molecule has 1 rings (SSSR count). The molecule has 1 nitrogen and oxygen atoms in total. The zero-order valence-corrected chi connectivity index (χ0v) is 10.3. The van der Waals surface area contributed by atoms with Gasteiger partial charge in [-0.05, 0) is 18.1 Å². The van der Waals surface area contributed by atoms with Crippen LogP contribution in [0.15, 0.2) is 23.1 Å². The van der Waals surface area contributed by atoms with Crippen molar-refractivity contribution in [3.05, 3.63) is 29.6 Å². The Kier molecular flexibility index (Phi) is 4.61. The summed E-state index contributed by atoms with van der Waals surface area (Å²) in [5.74, 6) is 0.377. The van der Waals surface area contributed by atoms with Crippen molar-refractivity contribution < 1.29 is 4.39 Å². The van der Waals surface area contributed by atoms with Gasteiger partial charge in [0.25, 0.3) is 0 Å². The molecule has 0 saturated heterocycles. The molecule has 0 aliphatic rings. The molecule has 1 aromatic carbocycles. The van der Waals surface area contributed by atoms with E-state index >= 15 is 0 Å². The third-order valence-electron chi connectivity index (χ3n) is 2.53. The molecule has 0 heterocycles. The van der Waals surface area contributed by atoms with Crippen LogP contribution in [0.3, 0.4) is 0 Å². The van der Waals surface area contributed by atoms with Gasteiger partial charge in [0.1, 0.15) is 5.82 Å². The van der Waals surface area contributed by atoms with Crippen molar-refractivity contribution in [1.29, 1.82) is 0 Å². The highest BCUT2D eigenvalue weighted by atomic mass is 32.2. The number of nitrogens with two attached hydrogens (primary N) is 1. The monoisotopic (exact) mass is 227 g/mol. The maximum atomic E-state index is 13.4. The molecule has 0 spiro atoms. The van der Waals surface area contributed by atoms with Gasteiger partial charge in [-0.15, -0.1) is 11.8 Å². The standard InChI is InChI=1S/C12H18FNS/c1-8(2)9(3)15-12-6-4-5-11(13)10(12)7-14/h4-6,8-9H,7,14H2,1-3H3. The second-order valence-electron chi connectivity index (χ2n) is 3.99. The van der Waals surface area contributed by atoms with E-state index in [1.807, 2.05) is 6.07 Å². The van der Waals surface area contributed by atoms with Gasteiger partial charge >= 0.3 is 0 Å². The molecule has 1 aromatic rings. The van der Waals surface area contributed by atoms with Crippen LogP contribution in [0.5, 0.6) is 0 Å². The second-order valence-corrected chi connectivity index (χ2v) is 5.41. The second kappa shape index (κ2) is 5.52. The smallest absolute Gasteiger partial charge is 0.128 e. The maximum Gasteiger partial charge on any atom is 0.128 e. The van der Waals surface area contributed by atoms with Gasteiger partial charge in [0, 0.05) is 22.3 Å². The number of thioether (sulfide) groups is 1. The molecular weight excluding hydrogens is 209 g/mol. The van der Waals surface area contributed by atoms with E-state index in [2.05, 4.69) is 20.8 Å². The molecule has 0 aliphatic heterocycles. The van der Waals surface area contributed by atoms with E-state index in [0.29, 0.717) is 16.7 Å². The van der Waals surface area contributed by atoms with Crippen molar-refractivity contribution >= 4 is 11.8 Å². The highest BCUT2D eigenvalue weighted by Gasteiger charge is 2.13. The number of benzene rings is 1. The van der Waals surface area contributed by atoms with Crippen molar-refractivity contribution in [1.82, 2.24) is 0 Å². The van der Waals surface area contributed by atoms with Gasteiger partial charge in [0.05, 0.1) is 0 Å². The summed E-state index contributed by atoms with van der Waals surface area (Å²) in [4.78, 5) is 0.971. The normalized spacial score (nSPS) is 13.2. The fourth-order valence-electron chi connectivity index (χ4n) is 1.18. The van der Waals surface area contributed by atoms with Crippen LogP contribution in [0.25, 0.3) is 0 Å². The van der Waals surface area contributed by atoms with Gasteiger partial charge in [-0.3, -0.25) is 0 Å². The fourth-order valence-corrected chi connectivity index (χ4v) is 2.34. The first-order valence-corrected chi connectivity index (χ1v) is 6.08. The summed E-state index contributed by atoms with van der Waals surface area (Å²) in [6.07, 6.45) is 0. The molecule has 1 atom stereocenters. The van der Waals surface area contributed by atoms with E-state index in [9.17, 15) is 4.39 Å². The molecule has 3 heteroatoms. The summed E-state index contributed by atoms with van der Waals surface area (Å²) in [5, 5.41) is 0.470. The lowest BCUT2D eigenvalue weighted by Gasteiger charge is -2.17. The van der Waals surface area contributed by atoms with E-state index in [-0.39, 0.29) is 12.4 Å². The van der Waals surface area contributed by atoms with Gasteiger partial charge in [-0.2, -0.15) is 0 Å². The zero-order chi connectivity index (χ0) is 11.4. The van der Waals surface area contributed by atoms with Crippen molar-refractivity contribution in [2.75, 3.05) is 0 Å². The Morgan fingerprint density at radius 3 is 2.53 bits per heavy atom. The molecule has 0 saturated carbocycles. The van der Waals surface area contributed by atoms with Crippen LogP contribution in [-0.2, 0) is 6.54 Å². The summed E-state index contributed by atoms with van der Waals surface area (Å²) < 4.78 is 13.4. The Balaban J connectivity index is 2.89. The van der Waals surface area contributed by atoms with Gasteiger partial charge in [-0.1, -0.05) is 26.8 Å². The molecule has 15 heavy (non-hydrogen) atoms. The Labute approximate surface area is 95.2 Å². The Hall–Kier alpha value is -0.540. The van der Waals surface area contributed by atoms with Crippen molar-refractivity contribution in [3.8, 4) is 0 Å². The summed E-state index contributed by atoms with van der Waals surface area (Å²) in [6, 6.07) is 5.14. The van der Waals surface area contributed by atoms with Crippen LogP contribution >= 0.6 is 11.8 Å². The number of rotatable bonds is 4. The Bertz CT molecular complexity index is 325. The van der Waals surface area contributed by atoms with Crippen LogP contribution < -0.4 is 5.73 Å². The van der Waals surface area contributed by atoms with Gasteiger partial charge in [0.2, 0.25) is 0 Å². The topological polar surface area (TPSA) is 26.0 Å². The quantitative estimate of drug-likeness (QED) is 0.798. The SMILES string of the molecule is CC(C)C(C)Sc1cccc(F)c1CN. The fraction of sp³-hybridized carbons (Fsp3) is 0.500. The first kappa shape index (κ1) is 12.5. The Morgan fingerprint density at radius 2 is 2.00 bits per heavy atom. The van der Waals surface area contributed by atoms with Crippen LogP contribution in [-0.4, -0.2) is 5.25 Å². The Morgan fingerprint density at radius 1 is 1.33 bits per heavy atom. The van der Waals surface area contributed by atoms with Crippen molar-refractivity contribution in [2.24, 2.45) is 11.7 Å². The lowest BCUT2D eigenvalue weighted by atomic mass is 10.2. The minimum Gasteiger partial charge on any atom is -0.326 e.